The van der Waals surface area contributed by atoms with Crippen molar-refractivity contribution in [2.24, 2.45) is 0 Å². The lowest BCUT2D eigenvalue weighted by Crippen LogP contribution is -2.29. The number of hydrogen-bond acceptors (Lipinski definition) is 4. The van der Waals surface area contributed by atoms with Crippen molar-refractivity contribution in [3.63, 3.8) is 0 Å². The monoisotopic (exact) mass is 444 g/mol. The van der Waals surface area contributed by atoms with E-state index < -0.39 is 18.2 Å². The molecule has 0 aromatic heterocycles. The molecule has 2 aromatic carbocycles. The molecule has 0 aliphatic rings. The number of alkyl halides is 1. The zero-order chi connectivity index (χ0) is 21.4. The third-order valence-electron chi connectivity index (χ3n) is 3.78. The van der Waals surface area contributed by atoms with Gasteiger partial charge in [-0.25, -0.2) is 9.18 Å². The van der Waals surface area contributed by atoms with Crippen molar-refractivity contribution in [2.75, 3.05) is 13.2 Å². The fourth-order valence-corrected chi connectivity index (χ4v) is 2.97. The van der Waals surface area contributed by atoms with Gasteiger partial charge in [-0.15, -0.1) is 0 Å². The molecule has 0 radical (unpaired) electrons. The van der Waals surface area contributed by atoms with Crippen LogP contribution >= 0.6 is 23.2 Å². The van der Waals surface area contributed by atoms with Crippen LogP contribution in [0.2, 0.25) is 10.0 Å². The van der Waals surface area contributed by atoms with Crippen LogP contribution in [0.4, 0.5) is 4.39 Å². The average Bonchev–Trinajstić information content (AvgIpc) is 2.65. The standard InChI is InChI=1S/C21H23Cl2FO5/c1-13(2)29-20(21(25)26)9-14-4-3-5-17(8-14)27-11-16(24)12-28-19-7-6-15(22)10-18(19)23/h3-8,10,13,16,20H,9,11-12H2,1-2H3,(H,25,26)/t16-,20+/m1/s1. The van der Waals surface area contributed by atoms with Gasteiger partial charge in [0.15, 0.2) is 12.3 Å². The Kier molecular flexibility index (Phi) is 9.01. The Labute approximate surface area is 179 Å². The summed E-state index contributed by atoms with van der Waals surface area (Å²) in [4.78, 5) is 11.3. The van der Waals surface area contributed by atoms with E-state index in [0.717, 1.165) is 5.56 Å². The third-order valence-corrected chi connectivity index (χ3v) is 4.31. The number of rotatable bonds is 11. The molecule has 0 saturated carbocycles. The van der Waals surface area contributed by atoms with Gasteiger partial charge < -0.3 is 19.3 Å². The number of benzene rings is 2. The van der Waals surface area contributed by atoms with Crippen molar-refractivity contribution in [3.8, 4) is 11.5 Å². The zero-order valence-corrected chi connectivity index (χ0v) is 17.6. The quantitative estimate of drug-likeness (QED) is 0.515. The molecular formula is C21H23Cl2FO5. The van der Waals surface area contributed by atoms with Gasteiger partial charge in [-0.3, -0.25) is 0 Å². The molecule has 0 bridgehead atoms. The molecular weight excluding hydrogens is 422 g/mol. The highest BCUT2D eigenvalue weighted by atomic mass is 35.5. The van der Waals surface area contributed by atoms with Crippen molar-refractivity contribution in [1.29, 1.82) is 0 Å². The van der Waals surface area contributed by atoms with Gasteiger partial charge in [0, 0.05) is 11.4 Å². The van der Waals surface area contributed by atoms with E-state index in [4.69, 9.17) is 37.4 Å². The molecule has 1 N–H and O–H groups in total. The lowest BCUT2D eigenvalue weighted by Gasteiger charge is -2.17. The van der Waals surface area contributed by atoms with Crippen molar-refractivity contribution >= 4 is 29.2 Å². The van der Waals surface area contributed by atoms with Crippen LogP contribution in [0.5, 0.6) is 11.5 Å². The zero-order valence-electron chi connectivity index (χ0n) is 16.1. The van der Waals surface area contributed by atoms with Crippen LogP contribution in [-0.2, 0) is 16.0 Å². The Balaban J connectivity index is 1.87. The molecule has 0 unspecified atom stereocenters. The second kappa shape index (κ2) is 11.2. The van der Waals surface area contributed by atoms with E-state index in [1.165, 1.54) is 6.07 Å². The van der Waals surface area contributed by atoms with E-state index in [-0.39, 0.29) is 25.7 Å². The third kappa shape index (κ3) is 8.09. The van der Waals surface area contributed by atoms with E-state index in [9.17, 15) is 14.3 Å². The second-order valence-corrected chi connectivity index (χ2v) is 7.50. The lowest BCUT2D eigenvalue weighted by atomic mass is 10.1. The van der Waals surface area contributed by atoms with E-state index in [1.54, 1.807) is 50.2 Å². The minimum atomic E-state index is -1.39. The van der Waals surface area contributed by atoms with Crippen molar-refractivity contribution in [2.45, 2.75) is 38.6 Å². The molecule has 5 nitrogen and oxygen atoms in total. The summed E-state index contributed by atoms with van der Waals surface area (Å²) in [6.45, 7) is 3.09. The molecule has 29 heavy (non-hydrogen) atoms. The highest BCUT2D eigenvalue weighted by Crippen LogP contribution is 2.27. The van der Waals surface area contributed by atoms with Crippen molar-refractivity contribution in [3.05, 3.63) is 58.1 Å². The van der Waals surface area contributed by atoms with Gasteiger partial charge >= 0.3 is 5.97 Å². The fraction of sp³-hybridized carbons (Fsp3) is 0.381. The van der Waals surface area contributed by atoms with E-state index in [2.05, 4.69) is 0 Å². The molecule has 2 atom stereocenters. The Hall–Kier alpha value is -2.02. The average molecular weight is 445 g/mol. The summed E-state index contributed by atoms with van der Waals surface area (Å²) in [6.07, 6.45) is -2.38. The minimum absolute atomic E-state index is 0.182. The van der Waals surface area contributed by atoms with E-state index in [0.29, 0.717) is 21.5 Å². The highest BCUT2D eigenvalue weighted by molar-refractivity contribution is 6.35. The number of hydrogen-bond donors (Lipinski definition) is 1. The largest absolute Gasteiger partial charge is 0.490 e. The molecule has 2 aromatic rings. The van der Waals surface area contributed by atoms with Crippen LogP contribution in [0.1, 0.15) is 19.4 Å². The van der Waals surface area contributed by atoms with Crippen molar-refractivity contribution < 1.29 is 28.5 Å². The predicted molar refractivity (Wildman–Crippen MR) is 110 cm³/mol. The number of ether oxygens (including phenoxy) is 3. The molecule has 0 fully saturated rings. The molecule has 8 heteroatoms. The maximum atomic E-state index is 14.1. The highest BCUT2D eigenvalue weighted by Gasteiger charge is 2.20. The van der Waals surface area contributed by atoms with Gasteiger partial charge in [0.25, 0.3) is 0 Å². The number of carboxylic acid groups (broad SMARTS) is 1. The summed E-state index contributed by atoms with van der Waals surface area (Å²) in [5, 5.41) is 10.0. The number of aliphatic carboxylic acids is 1. The topological polar surface area (TPSA) is 65.0 Å². The molecule has 0 spiro atoms. The van der Waals surface area contributed by atoms with Gasteiger partial charge in [0.1, 0.15) is 24.7 Å². The first-order valence-corrected chi connectivity index (χ1v) is 9.82. The van der Waals surface area contributed by atoms with Crippen LogP contribution in [0.25, 0.3) is 0 Å². The normalized spacial score (nSPS) is 13.2. The van der Waals surface area contributed by atoms with Gasteiger partial charge in [0.05, 0.1) is 11.1 Å². The van der Waals surface area contributed by atoms with Crippen LogP contribution in [0.15, 0.2) is 42.5 Å². The number of carbonyl (C=O) groups is 1. The first-order chi connectivity index (χ1) is 13.7. The molecule has 0 aliphatic carbocycles. The number of halogens is 3. The molecule has 0 amide bonds. The van der Waals surface area contributed by atoms with Gasteiger partial charge in [-0.1, -0.05) is 35.3 Å². The predicted octanol–water partition coefficient (Wildman–Crippen LogP) is 5.21. The molecule has 2 rings (SSSR count). The second-order valence-electron chi connectivity index (χ2n) is 6.66. The number of carboxylic acids is 1. The molecule has 158 valence electrons. The Morgan fingerprint density at radius 3 is 2.48 bits per heavy atom. The van der Waals surface area contributed by atoms with Crippen LogP contribution in [-0.4, -0.2) is 42.7 Å². The van der Waals surface area contributed by atoms with E-state index in [1.807, 2.05) is 0 Å². The van der Waals surface area contributed by atoms with Crippen LogP contribution in [0, 0.1) is 0 Å². The molecule has 0 saturated heterocycles. The SMILES string of the molecule is CC(C)O[C@@H](Cc1cccc(OC[C@@H](F)COc2ccc(Cl)cc2Cl)c1)C(=O)O. The Morgan fingerprint density at radius 2 is 1.83 bits per heavy atom. The Bertz CT molecular complexity index is 815. The minimum Gasteiger partial charge on any atom is -0.490 e. The fourth-order valence-electron chi connectivity index (χ4n) is 2.51. The maximum Gasteiger partial charge on any atom is 0.333 e. The van der Waals surface area contributed by atoms with Gasteiger partial charge in [-0.05, 0) is 49.7 Å². The molecule has 0 heterocycles. The smallest absolute Gasteiger partial charge is 0.333 e. The van der Waals surface area contributed by atoms with Crippen molar-refractivity contribution in [1.82, 2.24) is 0 Å². The lowest BCUT2D eigenvalue weighted by molar-refractivity contribution is -0.153. The summed E-state index contributed by atoms with van der Waals surface area (Å²) in [5.41, 5.74) is 0.718. The summed E-state index contributed by atoms with van der Waals surface area (Å²) < 4.78 is 30.4. The maximum absolute atomic E-state index is 14.1. The Morgan fingerprint density at radius 1 is 1.10 bits per heavy atom. The summed E-state index contributed by atoms with van der Waals surface area (Å²) in [6, 6.07) is 11.5. The van der Waals surface area contributed by atoms with Gasteiger partial charge in [0.2, 0.25) is 0 Å². The summed E-state index contributed by atoms with van der Waals surface area (Å²) >= 11 is 11.8. The van der Waals surface area contributed by atoms with E-state index >= 15 is 0 Å². The van der Waals surface area contributed by atoms with Crippen LogP contribution in [0.3, 0.4) is 0 Å². The first-order valence-electron chi connectivity index (χ1n) is 9.06. The molecule has 0 aliphatic heterocycles. The first kappa shape index (κ1) is 23.3. The summed E-state index contributed by atoms with van der Waals surface area (Å²) in [5.74, 6) is -0.263. The van der Waals surface area contributed by atoms with Gasteiger partial charge in [-0.2, -0.15) is 0 Å². The summed E-state index contributed by atoms with van der Waals surface area (Å²) in [7, 11) is 0. The van der Waals surface area contributed by atoms with Crippen LogP contribution < -0.4 is 9.47 Å².